The Morgan fingerprint density at radius 1 is 1.09 bits per heavy atom. The van der Waals surface area contributed by atoms with Crippen molar-refractivity contribution >= 4 is 17.5 Å². The molecule has 35 heavy (non-hydrogen) atoms. The van der Waals surface area contributed by atoms with E-state index in [0.717, 1.165) is 0 Å². The van der Waals surface area contributed by atoms with Crippen LogP contribution in [0.5, 0.6) is 11.5 Å². The Kier molecular flexibility index (Phi) is 7.17. The number of rotatable bonds is 8. The number of aromatic nitrogens is 1. The van der Waals surface area contributed by atoms with Gasteiger partial charge < -0.3 is 20.5 Å². The predicted octanol–water partition coefficient (Wildman–Crippen LogP) is 2.76. The van der Waals surface area contributed by atoms with E-state index in [2.05, 4.69) is 15.6 Å². The van der Waals surface area contributed by atoms with Crippen LogP contribution < -0.4 is 15.4 Å². The van der Waals surface area contributed by atoms with E-state index in [1.807, 2.05) is 0 Å². The second kappa shape index (κ2) is 10.4. The van der Waals surface area contributed by atoms with E-state index < -0.39 is 22.9 Å². The molecule has 2 aromatic carbocycles. The first-order valence-electron chi connectivity index (χ1n) is 11.0. The molecule has 3 aromatic rings. The molecule has 9 heteroatoms. The number of Topliss-reactive ketones (excluding diaryl/α,β-unsaturated/α-hetero) is 1. The molecular weight excluding hydrogens is 453 g/mol. The van der Waals surface area contributed by atoms with E-state index in [4.69, 9.17) is 4.74 Å². The summed E-state index contributed by atoms with van der Waals surface area (Å²) in [5.74, 6) is -2.84. The fourth-order valence-corrected chi connectivity index (χ4v) is 4.09. The molecule has 1 amide bonds. The van der Waals surface area contributed by atoms with Crippen LogP contribution in [0.1, 0.15) is 43.1 Å². The zero-order valence-corrected chi connectivity index (χ0v) is 19.0. The first kappa shape index (κ1) is 24.0. The summed E-state index contributed by atoms with van der Waals surface area (Å²) in [6.45, 7) is 1.13. The van der Waals surface area contributed by atoms with Crippen molar-refractivity contribution in [2.45, 2.75) is 12.5 Å². The SMILES string of the molecule is COc1ccc(O)c(C(=O)c2ccc(C(=O)C[C@@H]3CNC[C@H]3NC(=O)c3cccnc3)cc2)c1F. The highest BCUT2D eigenvalue weighted by Gasteiger charge is 2.31. The smallest absolute Gasteiger partial charge is 0.253 e. The lowest BCUT2D eigenvalue weighted by atomic mass is 9.93. The van der Waals surface area contributed by atoms with Gasteiger partial charge in [-0.1, -0.05) is 24.3 Å². The molecular formula is C26H24FN3O5. The number of pyridine rings is 1. The van der Waals surface area contributed by atoms with Gasteiger partial charge in [0.1, 0.15) is 11.3 Å². The summed E-state index contributed by atoms with van der Waals surface area (Å²) in [6, 6.07) is 11.4. The normalized spacial score (nSPS) is 17.1. The molecule has 2 heterocycles. The zero-order valence-electron chi connectivity index (χ0n) is 19.0. The van der Waals surface area contributed by atoms with Gasteiger partial charge in [-0.15, -0.1) is 0 Å². The van der Waals surface area contributed by atoms with Crippen LogP contribution in [-0.2, 0) is 0 Å². The highest BCUT2D eigenvalue weighted by atomic mass is 19.1. The summed E-state index contributed by atoms with van der Waals surface area (Å²) in [5.41, 5.74) is 0.463. The third-order valence-corrected chi connectivity index (χ3v) is 6.03. The average molecular weight is 477 g/mol. The number of phenolic OH excluding ortho intramolecular Hbond substituents is 1. The van der Waals surface area contributed by atoms with Crippen molar-refractivity contribution in [3.05, 3.63) is 89.0 Å². The molecule has 1 saturated heterocycles. The number of methoxy groups -OCH3 is 1. The van der Waals surface area contributed by atoms with Crippen molar-refractivity contribution in [1.82, 2.24) is 15.6 Å². The van der Waals surface area contributed by atoms with E-state index in [0.29, 0.717) is 24.2 Å². The number of benzene rings is 2. The molecule has 0 bridgehead atoms. The Bertz CT molecular complexity index is 1250. The molecule has 2 atom stereocenters. The highest BCUT2D eigenvalue weighted by Crippen LogP contribution is 2.30. The molecule has 1 aromatic heterocycles. The van der Waals surface area contributed by atoms with Crippen molar-refractivity contribution < 1.29 is 28.6 Å². The summed E-state index contributed by atoms with van der Waals surface area (Å²) in [6.07, 6.45) is 3.27. The second-order valence-electron chi connectivity index (χ2n) is 8.25. The molecule has 0 saturated carbocycles. The Morgan fingerprint density at radius 3 is 2.51 bits per heavy atom. The van der Waals surface area contributed by atoms with Gasteiger partial charge in [0, 0.05) is 55.0 Å². The van der Waals surface area contributed by atoms with Gasteiger partial charge in [-0.25, -0.2) is 4.39 Å². The molecule has 4 rings (SSSR count). The van der Waals surface area contributed by atoms with Gasteiger partial charge >= 0.3 is 0 Å². The molecule has 1 aliphatic heterocycles. The maximum Gasteiger partial charge on any atom is 0.253 e. The molecule has 0 unspecified atom stereocenters. The van der Waals surface area contributed by atoms with Crippen LogP contribution in [0.25, 0.3) is 0 Å². The minimum absolute atomic E-state index is 0.104. The Balaban J connectivity index is 1.43. The minimum Gasteiger partial charge on any atom is -0.507 e. The summed E-state index contributed by atoms with van der Waals surface area (Å²) in [4.78, 5) is 42.1. The van der Waals surface area contributed by atoms with Crippen LogP contribution >= 0.6 is 0 Å². The van der Waals surface area contributed by atoms with Crippen LogP contribution in [0.15, 0.2) is 60.9 Å². The van der Waals surface area contributed by atoms with Crippen LogP contribution in [0.3, 0.4) is 0 Å². The third kappa shape index (κ3) is 5.20. The van der Waals surface area contributed by atoms with E-state index in [1.54, 1.807) is 18.3 Å². The van der Waals surface area contributed by atoms with E-state index in [1.165, 1.54) is 49.7 Å². The molecule has 0 radical (unpaired) electrons. The van der Waals surface area contributed by atoms with E-state index in [-0.39, 0.29) is 41.4 Å². The molecule has 0 aliphatic carbocycles. The molecule has 1 aliphatic rings. The summed E-state index contributed by atoms with van der Waals surface area (Å²) < 4.78 is 19.4. The first-order chi connectivity index (χ1) is 16.9. The number of carbonyl (C=O) groups excluding carboxylic acids is 3. The minimum atomic E-state index is -0.953. The number of nitrogens with zero attached hydrogens (tertiary/aromatic N) is 1. The fourth-order valence-electron chi connectivity index (χ4n) is 4.09. The number of ketones is 2. The Hall–Kier alpha value is -4.11. The molecule has 0 spiro atoms. The molecule has 8 nitrogen and oxygen atoms in total. The largest absolute Gasteiger partial charge is 0.507 e. The van der Waals surface area contributed by atoms with Crippen LogP contribution in [0.4, 0.5) is 4.39 Å². The van der Waals surface area contributed by atoms with Gasteiger partial charge in [0.15, 0.2) is 23.1 Å². The molecule has 3 N–H and O–H groups in total. The zero-order chi connectivity index (χ0) is 24.9. The lowest BCUT2D eigenvalue weighted by Gasteiger charge is -2.19. The lowest BCUT2D eigenvalue weighted by molar-refractivity contribution is 0.0902. The average Bonchev–Trinajstić information content (AvgIpc) is 3.30. The van der Waals surface area contributed by atoms with Gasteiger partial charge in [-0.2, -0.15) is 0 Å². The quantitative estimate of drug-likeness (QED) is 0.427. The standard InChI is InChI=1S/C26H24FN3O5/c1-35-22-9-8-20(31)23(24(22)27)25(33)16-6-4-15(5-7-16)21(32)11-18-13-29-14-19(18)30-26(34)17-3-2-10-28-12-17/h2-10,12,18-19,29,31H,11,13-14H2,1H3,(H,30,34)/t18-,19-/m1/s1. The monoisotopic (exact) mass is 477 g/mol. The Labute approximate surface area is 201 Å². The highest BCUT2D eigenvalue weighted by molar-refractivity contribution is 6.11. The van der Waals surface area contributed by atoms with Gasteiger partial charge in [0.25, 0.3) is 5.91 Å². The lowest BCUT2D eigenvalue weighted by Crippen LogP contribution is -2.41. The van der Waals surface area contributed by atoms with Gasteiger partial charge in [0.2, 0.25) is 0 Å². The van der Waals surface area contributed by atoms with Crippen molar-refractivity contribution in [2.24, 2.45) is 5.92 Å². The summed E-state index contributed by atoms with van der Waals surface area (Å²) >= 11 is 0. The van der Waals surface area contributed by atoms with Gasteiger partial charge in [-0.05, 0) is 24.3 Å². The third-order valence-electron chi connectivity index (χ3n) is 6.03. The van der Waals surface area contributed by atoms with E-state index in [9.17, 15) is 23.9 Å². The summed E-state index contributed by atoms with van der Waals surface area (Å²) in [7, 11) is 1.26. The van der Waals surface area contributed by atoms with Gasteiger partial charge in [-0.3, -0.25) is 19.4 Å². The van der Waals surface area contributed by atoms with Crippen molar-refractivity contribution in [2.75, 3.05) is 20.2 Å². The first-order valence-corrected chi connectivity index (χ1v) is 11.0. The van der Waals surface area contributed by atoms with Crippen molar-refractivity contribution in [3.8, 4) is 11.5 Å². The maximum absolute atomic E-state index is 14.5. The van der Waals surface area contributed by atoms with Crippen molar-refractivity contribution in [3.63, 3.8) is 0 Å². The number of phenols is 1. The predicted molar refractivity (Wildman–Crippen MR) is 125 cm³/mol. The second-order valence-corrected chi connectivity index (χ2v) is 8.25. The van der Waals surface area contributed by atoms with Crippen LogP contribution in [-0.4, -0.2) is 53.8 Å². The number of halogens is 1. The Morgan fingerprint density at radius 2 is 1.83 bits per heavy atom. The van der Waals surface area contributed by atoms with Gasteiger partial charge in [0.05, 0.1) is 12.7 Å². The number of amides is 1. The number of hydrogen-bond acceptors (Lipinski definition) is 7. The van der Waals surface area contributed by atoms with Crippen LogP contribution in [0, 0.1) is 11.7 Å². The van der Waals surface area contributed by atoms with E-state index >= 15 is 0 Å². The topological polar surface area (TPSA) is 118 Å². The number of hydrogen-bond donors (Lipinski definition) is 3. The van der Waals surface area contributed by atoms with Crippen molar-refractivity contribution in [1.29, 1.82) is 0 Å². The molecule has 180 valence electrons. The van der Waals surface area contributed by atoms with Crippen LogP contribution in [0.2, 0.25) is 0 Å². The number of nitrogens with one attached hydrogen (secondary N) is 2. The number of carbonyl (C=O) groups is 3. The fraction of sp³-hybridized carbons (Fsp3) is 0.231. The summed E-state index contributed by atoms with van der Waals surface area (Å²) in [5, 5.41) is 16.2. The maximum atomic E-state index is 14.5. The molecule has 1 fully saturated rings. The number of aromatic hydroxyl groups is 1. The number of ether oxygens (including phenoxy) is 1.